The Balaban J connectivity index is 2.07. The summed E-state index contributed by atoms with van der Waals surface area (Å²) in [6.45, 7) is 3.95. The maximum Gasteiger partial charge on any atom is 0.334 e. The molecule has 2 heterocycles. The summed E-state index contributed by atoms with van der Waals surface area (Å²) in [6.07, 6.45) is 1.15. The van der Waals surface area contributed by atoms with E-state index in [1.165, 1.54) is 0 Å². The smallest absolute Gasteiger partial charge is 0.334 e. The number of hydrogen-bond donors (Lipinski definition) is 1. The number of ether oxygens (including phenoxy) is 1. The molecule has 96 valence electrons. The van der Waals surface area contributed by atoms with Crippen LogP contribution in [0, 0.1) is 0 Å². The van der Waals surface area contributed by atoms with Crippen molar-refractivity contribution in [2.24, 2.45) is 0 Å². The molecule has 0 radical (unpaired) electrons. The van der Waals surface area contributed by atoms with E-state index in [4.69, 9.17) is 9.84 Å². The summed E-state index contributed by atoms with van der Waals surface area (Å²) < 4.78 is 5.00. The molecule has 2 atom stereocenters. The molecule has 1 N–H and O–H groups in total. The highest BCUT2D eigenvalue weighted by molar-refractivity contribution is 5.81. The third-order valence-electron chi connectivity index (χ3n) is 3.46. The van der Waals surface area contributed by atoms with E-state index in [1.807, 2.05) is 0 Å². The third kappa shape index (κ3) is 2.42. The van der Waals surface area contributed by atoms with Crippen LogP contribution in [0.5, 0.6) is 0 Å². The Morgan fingerprint density at radius 2 is 2.35 bits per heavy atom. The molecule has 2 saturated heterocycles. The number of carbonyl (C=O) groups excluding carboxylic acids is 1. The lowest BCUT2D eigenvalue weighted by Gasteiger charge is -2.38. The van der Waals surface area contributed by atoms with Crippen LogP contribution in [0.15, 0.2) is 0 Å². The summed E-state index contributed by atoms with van der Waals surface area (Å²) in [5, 5.41) is 8.93. The number of nitrogens with zero attached hydrogens (tertiary/aromatic N) is 2. The van der Waals surface area contributed by atoms with Gasteiger partial charge in [-0.25, -0.2) is 4.79 Å². The molecule has 2 aliphatic heterocycles. The van der Waals surface area contributed by atoms with Crippen LogP contribution in [0.4, 0.5) is 0 Å². The molecule has 0 spiro atoms. The average molecular weight is 242 g/mol. The minimum atomic E-state index is -0.997. The van der Waals surface area contributed by atoms with Gasteiger partial charge in [0.25, 0.3) is 0 Å². The Labute approximate surface area is 100 Å². The Morgan fingerprint density at radius 3 is 3.00 bits per heavy atom. The summed E-state index contributed by atoms with van der Waals surface area (Å²) in [7, 11) is 0. The molecule has 2 aliphatic rings. The summed E-state index contributed by atoms with van der Waals surface area (Å²) >= 11 is 0. The van der Waals surface area contributed by atoms with Crippen LogP contribution in [-0.2, 0) is 14.3 Å². The number of amides is 1. The summed E-state index contributed by atoms with van der Waals surface area (Å²) in [4.78, 5) is 26.6. The van der Waals surface area contributed by atoms with Crippen molar-refractivity contribution in [3.63, 3.8) is 0 Å². The molecule has 2 fully saturated rings. The minimum absolute atomic E-state index is 0.0539. The number of rotatable bonds is 3. The van der Waals surface area contributed by atoms with Crippen molar-refractivity contribution < 1.29 is 19.4 Å². The van der Waals surface area contributed by atoms with Crippen molar-refractivity contribution in [1.29, 1.82) is 0 Å². The number of carbonyl (C=O) groups is 2. The molecule has 6 heteroatoms. The predicted octanol–water partition coefficient (Wildman–Crippen LogP) is -0.260. The number of morpholine rings is 1. The van der Waals surface area contributed by atoms with Crippen LogP contribution in [0.1, 0.15) is 19.8 Å². The molecule has 0 bridgehead atoms. The number of aliphatic carboxylic acids is 1. The van der Waals surface area contributed by atoms with Gasteiger partial charge in [-0.3, -0.25) is 9.69 Å². The molecular formula is C11H18N2O4. The SMILES string of the molecule is CCN1CCCC1N1CC(C(=O)O)OCC1=O. The van der Waals surface area contributed by atoms with Crippen LogP contribution in [0.2, 0.25) is 0 Å². The topological polar surface area (TPSA) is 70.1 Å². The predicted molar refractivity (Wildman–Crippen MR) is 59.4 cm³/mol. The van der Waals surface area contributed by atoms with E-state index in [0.717, 1.165) is 25.9 Å². The summed E-state index contributed by atoms with van der Waals surface area (Å²) in [5.74, 6) is -1.10. The maximum absolute atomic E-state index is 11.8. The third-order valence-corrected chi connectivity index (χ3v) is 3.46. The number of carboxylic acid groups (broad SMARTS) is 1. The van der Waals surface area contributed by atoms with Gasteiger partial charge < -0.3 is 14.7 Å². The van der Waals surface area contributed by atoms with Crippen molar-refractivity contribution in [3.05, 3.63) is 0 Å². The largest absolute Gasteiger partial charge is 0.479 e. The van der Waals surface area contributed by atoms with E-state index in [0.29, 0.717) is 0 Å². The fraction of sp³-hybridized carbons (Fsp3) is 0.818. The highest BCUT2D eigenvalue weighted by Gasteiger charge is 2.38. The molecule has 2 rings (SSSR count). The Kier molecular flexibility index (Phi) is 3.63. The molecule has 17 heavy (non-hydrogen) atoms. The van der Waals surface area contributed by atoms with Gasteiger partial charge in [0.1, 0.15) is 6.61 Å². The number of likely N-dealkylation sites (tertiary alicyclic amines) is 1. The van der Waals surface area contributed by atoms with Gasteiger partial charge in [-0.2, -0.15) is 0 Å². The Hall–Kier alpha value is -1.14. The zero-order valence-electron chi connectivity index (χ0n) is 9.96. The normalized spacial score (nSPS) is 30.9. The minimum Gasteiger partial charge on any atom is -0.479 e. The number of carboxylic acids is 1. The van der Waals surface area contributed by atoms with Gasteiger partial charge in [-0.05, 0) is 19.4 Å². The molecule has 6 nitrogen and oxygen atoms in total. The lowest BCUT2D eigenvalue weighted by molar-refractivity contribution is -0.169. The molecule has 0 aromatic rings. The highest BCUT2D eigenvalue weighted by Crippen LogP contribution is 2.23. The van der Waals surface area contributed by atoms with E-state index in [-0.39, 0.29) is 25.2 Å². The molecule has 0 saturated carbocycles. The average Bonchev–Trinajstić information content (AvgIpc) is 2.77. The zero-order chi connectivity index (χ0) is 12.4. The Morgan fingerprint density at radius 1 is 1.59 bits per heavy atom. The second kappa shape index (κ2) is 5.01. The molecular weight excluding hydrogens is 224 g/mol. The van der Waals surface area contributed by atoms with Crippen LogP contribution >= 0.6 is 0 Å². The van der Waals surface area contributed by atoms with E-state index in [2.05, 4.69) is 11.8 Å². The van der Waals surface area contributed by atoms with Crippen LogP contribution in [-0.4, -0.2) is 65.3 Å². The van der Waals surface area contributed by atoms with Gasteiger partial charge in [-0.15, -0.1) is 0 Å². The van der Waals surface area contributed by atoms with E-state index >= 15 is 0 Å². The molecule has 0 aromatic carbocycles. The lowest BCUT2D eigenvalue weighted by Crippen LogP contribution is -2.56. The maximum atomic E-state index is 11.8. The monoisotopic (exact) mass is 242 g/mol. The van der Waals surface area contributed by atoms with Gasteiger partial charge in [0, 0.05) is 6.54 Å². The fourth-order valence-corrected chi connectivity index (χ4v) is 2.56. The fourth-order valence-electron chi connectivity index (χ4n) is 2.56. The van der Waals surface area contributed by atoms with E-state index < -0.39 is 12.1 Å². The Bertz CT molecular complexity index is 321. The van der Waals surface area contributed by atoms with Gasteiger partial charge in [0.2, 0.25) is 5.91 Å². The standard InChI is InChI=1S/C11H18N2O4/c1-2-12-5-3-4-9(12)13-6-8(11(15)16)17-7-10(13)14/h8-9H,2-7H2,1H3,(H,15,16). The van der Waals surface area contributed by atoms with Crippen molar-refractivity contribution in [2.75, 3.05) is 26.2 Å². The van der Waals surface area contributed by atoms with Crippen molar-refractivity contribution in [1.82, 2.24) is 9.80 Å². The second-order valence-electron chi connectivity index (χ2n) is 4.44. The van der Waals surface area contributed by atoms with Crippen molar-refractivity contribution in [3.8, 4) is 0 Å². The first-order valence-corrected chi connectivity index (χ1v) is 6.01. The van der Waals surface area contributed by atoms with E-state index in [1.54, 1.807) is 4.90 Å². The quantitative estimate of drug-likeness (QED) is 0.738. The zero-order valence-corrected chi connectivity index (χ0v) is 9.96. The van der Waals surface area contributed by atoms with Crippen molar-refractivity contribution >= 4 is 11.9 Å². The summed E-state index contributed by atoms with van der Waals surface area (Å²) in [6, 6.07) is 0. The first-order chi connectivity index (χ1) is 8.13. The van der Waals surface area contributed by atoms with E-state index in [9.17, 15) is 9.59 Å². The highest BCUT2D eigenvalue weighted by atomic mass is 16.5. The van der Waals surface area contributed by atoms with Gasteiger partial charge in [0.15, 0.2) is 6.10 Å². The lowest BCUT2D eigenvalue weighted by atomic mass is 10.2. The van der Waals surface area contributed by atoms with Crippen LogP contribution in [0.3, 0.4) is 0 Å². The molecule has 1 amide bonds. The number of hydrogen-bond acceptors (Lipinski definition) is 4. The van der Waals surface area contributed by atoms with Crippen LogP contribution in [0.25, 0.3) is 0 Å². The van der Waals surface area contributed by atoms with Gasteiger partial charge in [0.05, 0.1) is 12.7 Å². The molecule has 0 aliphatic carbocycles. The van der Waals surface area contributed by atoms with Crippen LogP contribution < -0.4 is 0 Å². The first-order valence-electron chi connectivity index (χ1n) is 6.01. The first kappa shape index (κ1) is 12.3. The molecule has 0 aromatic heterocycles. The van der Waals surface area contributed by atoms with Gasteiger partial charge in [-0.1, -0.05) is 6.92 Å². The summed E-state index contributed by atoms with van der Waals surface area (Å²) in [5.41, 5.74) is 0. The second-order valence-corrected chi connectivity index (χ2v) is 4.44. The molecule has 2 unspecified atom stereocenters. The van der Waals surface area contributed by atoms with Gasteiger partial charge >= 0.3 is 5.97 Å². The van der Waals surface area contributed by atoms with Crippen molar-refractivity contribution in [2.45, 2.75) is 32.0 Å².